The molecule has 1 unspecified atom stereocenters. The smallest absolute Gasteiger partial charge is 0.106 e. The Labute approximate surface area is 126 Å². The van der Waals surface area contributed by atoms with Crippen LogP contribution in [0.5, 0.6) is 0 Å². The molecule has 1 rings (SSSR count). The third-order valence-electron chi connectivity index (χ3n) is 4.54. The van der Waals surface area contributed by atoms with Crippen LogP contribution >= 0.6 is 0 Å². The van der Waals surface area contributed by atoms with Gasteiger partial charge in [-0.05, 0) is 33.6 Å². The van der Waals surface area contributed by atoms with E-state index >= 15 is 0 Å². The summed E-state index contributed by atoms with van der Waals surface area (Å²) in [4.78, 5) is 4.51. The zero-order chi connectivity index (χ0) is 15.0. The molecule has 1 aromatic heterocycles. The van der Waals surface area contributed by atoms with Crippen molar-refractivity contribution in [1.29, 1.82) is 0 Å². The molecule has 0 bridgehead atoms. The van der Waals surface area contributed by atoms with E-state index in [9.17, 15) is 0 Å². The Hall–Kier alpha value is -0.790. The fourth-order valence-electron chi connectivity index (χ4n) is 3.39. The maximum atomic E-state index is 4.51. The van der Waals surface area contributed by atoms with Crippen LogP contribution in [-0.4, -0.2) is 9.55 Å². The summed E-state index contributed by atoms with van der Waals surface area (Å²) in [6.07, 6.45) is 14.0. The highest BCUT2D eigenvalue weighted by Gasteiger charge is 2.27. The van der Waals surface area contributed by atoms with Crippen LogP contribution in [0.1, 0.15) is 90.1 Å². The van der Waals surface area contributed by atoms with Gasteiger partial charge in [0.25, 0.3) is 0 Å². The monoisotopic (exact) mass is 278 g/mol. The number of aromatic nitrogens is 2. The molecule has 0 amide bonds. The first-order valence-corrected chi connectivity index (χ1v) is 8.56. The topological polar surface area (TPSA) is 17.8 Å². The number of imidazole rings is 1. The summed E-state index contributed by atoms with van der Waals surface area (Å²) in [7, 11) is 0. The van der Waals surface area contributed by atoms with Crippen LogP contribution in [0.25, 0.3) is 0 Å². The molecule has 0 aliphatic carbocycles. The number of aryl methyl sites for hydroxylation is 2. The van der Waals surface area contributed by atoms with Crippen molar-refractivity contribution < 1.29 is 0 Å². The maximum Gasteiger partial charge on any atom is 0.106 e. The summed E-state index contributed by atoms with van der Waals surface area (Å²) < 4.78 is 2.49. The molecule has 1 atom stereocenters. The summed E-state index contributed by atoms with van der Waals surface area (Å²) in [5.41, 5.74) is 1.57. The Kier molecular flexibility index (Phi) is 7.32. The standard InChI is InChI=1S/C18H34N2/c1-6-8-10-11-12-14-18(5,13-9-7-2)20-16(3)15-19-17(20)4/h15H,6-14H2,1-5H3. The van der Waals surface area contributed by atoms with Gasteiger partial charge < -0.3 is 4.57 Å². The van der Waals surface area contributed by atoms with Crippen LogP contribution in [0.4, 0.5) is 0 Å². The van der Waals surface area contributed by atoms with Crippen molar-refractivity contribution in [2.75, 3.05) is 0 Å². The van der Waals surface area contributed by atoms with Crippen molar-refractivity contribution in [2.24, 2.45) is 0 Å². The minimum atomic E-state index is 0.257. The number of hydrogen-bond acceptors (Lipinski definition) is 1. The maximum absolute atomic E-state index is 4.51. The zero-order valence-electron chi connectivity index (χ0n) is 14.3. The molecule has 0 saturated carbocycles. The molecule has 2 heteroatoms. The first-order valence-electron chi connectivity index (χ1n) is 8.56. The summed E-state index contributed by atoms with van der Waals surface area (Å²) in [6, 6.07) is 0. The Morgan fingerprint density at radius 3 is 2.10 bits per heavy atom. The summed E-state index contributed by atoms with van der Waals surface area (Å²) in [5.74, 6) is 1.18. The molecule has 1 heterocycles. The van der Waals surface area contributed by atoms with E-state index in [1.807, 2.05) is 6.20 Å². The van der Waals surface area contributed by atoms with E-state index in [4.69, 9.17) is 0 Å². The summed E-state index contributed by atoms with van der Waals surface area (Å²) in [6.45, 7) is 11.3. The van der Waals surface area contributed by atoms with Gasteiger partial charge >= 0.3 is 0 Å². The van der Waals surface area contributed by atoms with Gasteiger partial charge in [0.2, 0.25) is 0 Å². The second-order valence-corrected chi connectivity index (χ2v) is 6.55. The molecule has 1 aromatic rings. The zero-order valence-corrected chi connectivity index (χ0v) is 14.3. The molecular weight excluding hydrogens is 244 g/mol. The lowest BCUT2D eigenvalue weighted by Crippen LogP contribution is -2.32. The van der Waals surface area contributed by atoms with E-state index in [2.05, 4.69) is 44.2 Å². The van der Waals surface area contributed by atoms with E-state index < -0.39 is 0 Å². The lowest BCUT2D eigenvalue weighted by Gasteiger charge is -2.34. The van der Waals surface area contributed by atoms with Gasteiger partial charge in [0.05, 0.1) is 0 Å². The third-order valence-corrected chi connectivity index (χ3v) is 4.54. The Bertz CT molecular complexity index is 361. The fourth-order valence-corrected chi connectivity index (χ4v) is 3.39. The third kappa shape index (κ3) is 4.64. The molecule has 0 radical (unpaired) electrons. The average Bonchev–Trinajstić information content (AvgIpc) is 2.76. The van der Waals surface area contributed by atoms with Gasteiger partial charge in [0, 0.05) is 17.4 Å². The van der Waals surface area contributed by atoms with Gasteiger partial charge in [0.15, 0.2) is 0 Å². The number of hydrogen-bond donors (Lipinski definition) is 0. The molecule has 0 aromatic carbocycles. The predicted octanol–water partition coefficient (Wildman–Crippen LogP) is 5.77. The van der Waals surface area contributed by atoms with Crippen LogP contribution in [-0.2, 0) is 5.54 Å². The largest absolute Gasteiger partial charge is 0.327 e. The van der Waals surface area contributed by atoms with E-state index in [0.717, 1.165) is 0 Å². The first-order chi connectivity index (χ1) is 9.55. The van der Waals surface area contributed by atoms with Crippen LogP contribution in [0.15, 0.2) is 6.20 Å². The van der Waals surface area contributed by atoms with Crippen LogP contribution < -0.4 is 0 Å². The quantitative estimate of drug-likeness (QED) is 0.497. The minimum absolute atomic E-state index is 0.257. The van der Waals surface area contributed by atoms with E-state index in [-0.39, 0.29) is 5.54 Å². The van der Waals surface area contributed by atoms with E-state index in [0.29, 0.717) is 0 Å². The van der Waals surface area contributed by atoms with Crippen molar-refractivity contribution in [3.05, 3.63) is 17.7 Å². The molecule has 0 spiro atoms. The van der Waals surface area contributed by atoms with Gasteiger partial charge in [-0.1, -0.05) is 58.8 Å². The molecular formula is C18H34N2. The lowest BCUT2D eigenvalue weighted by atomic mass is 9.87. The van der Waals surface area contributed by atoms with Gasteiger partial charge in [0.1, 0.15) is 5.82 Å². The molecule has 0 aliphatic heterocycles. The second kappa shape index (κ2) is 8.49. The normalized spacial score (nSPS) is 14.4. The van der Waals surface area contributed by atoms with Crippen molar-refractivity contribution in [3.8, 4) is 0 Å². The van der Waals surface area contributed by atoms with Crippen LogP contribution in [0, 0.1) is 13.8 Å². The number of nitrogens with zero attached hydrogens (tertiary/aromatic N) is 2. The number of unbranched alkanes of at least 4 members (excludes halogenated alkanes) is 5. The molecule has 0 saturated heterocycles. The molecule has 20 heavy (non-hydrogen) atoms. The van der Waals surface area contributed by atoms with E-state index in [1.165, 1.54) is 69.3 Å². The Balaban J connectivity index is 2.71. The van der Waals surface area contributed by atoms with E-state index in [1.54, 1.807) is 0 Å². The highest BCUT2D eigenvalue weighted by molar-refractivity contribution is 5.07. The van der Waals surface area contributed by atoms with Crippen molar-refractivity contribution >= 4 is 0 Å². The molecule has 0 fully saturated rings. The van der Waals surface area contributed by atoms with Gasteiger partial charge in [-0.2, -0.15) is 0 Å². The fraction of sp³-hybridized carbons (Fsp3) is 0.833. The highest BCUT2D eigenvalue weighted by atomic mass is 15.1. The SMILES string of the molecule is CCCCCCCC(C)(CCCC)n1c(C)cnc1C. The Morgan fingerprint density at radius 2 is 1.55 bits per heavy atom. The summed E-state index contributed by atoms with van der Waals surface area (Å²) in [5, 5.41) is 0. The van der Waals surface area contributed by atoms with Gasteiger partial charge in [-0.15, -0.1) is 0 Å². The molecule has 0 aliphatic rings. The predicted molar refractivity (Wildman–Crippen MR) is 88.3 cm³/mol. The van der Waals surface area contributed by atoms with Crippen molar-refractivity contribution in [3.63, 3.8) is 0 Å². The second-order valence-electron chi connectivity index (χ2n) is 6.55. The molecule has 0 N–H and O–H groups in total. The van der Waals surface area contributed by atoms with Crippen LogP contribution in [0.3, 0.4) is 0 Å². The molecule has 116 valence electrons. The van der Waals surface area contributed by atoms with Crippen molar-refractivity contribution in [1.82, 2.24) is 9.55 Å². The van der Waals surface area contributed by atoms with Gasteiger partial charge in [-0.3, -0.25) is 0 Å². The van der Waals surface area contributed by atoms with Gasteiger partial charge in [-0.25, -0.2) is 4.98 Å². The highest BCUT2D eigenvalue weighted by Crippen LogP contribution is 2.32. The van der Waals surface area contributed by atoms with Crippen LogP contribution in [0.2, 0.25) is 0 Å². The minimum Gasteiger partial charge on any atom is -0.327 e. The van der Waals surface area contributed by atoms with Crippen molar-refractivity contribution in [2.45, 2.75) is 97.9 Å². The average molecular weight is 278 g/mol. The first kappa shape index (κ1) is 17.3. The lowest BCUT2D eigenvalue weighted by molar-refractivity contribution is 0.244. The Morgan fingerprint density at radius 1 is 0.950 bits per heavy atom. The number of rotatable bonds is 10. The molecule has 2 nitrogen and oxygen atoms in total. The summed E-state index contributed by atoms with van der Waals surface area (Å²) >= 11 is 0.